The van der Waals surface area contributed by atoms with Crippen molar-refractivity contribution >= 4 is 28.6 Å². The lowest BCUT2D eigenvalue weighted by Gasteiger charge is -2.36. The van der Waals surface area contributed by atoms with Gasteiger partial charge in [-0.25, -0.2) is 5.06 Å². The van der Waals surface area contributed by atoms with Gasteiger partial charge in [-0.3, -0.25) is 19.2 Å². The fourth-order valence-electron chi connectivity index (χ4n) is 6.77. The third-order valence-electron chi connectivity index (χ3n) is 9.95. The molecule has 0 aliphatic carbocycles. The van der Waals surface area contributed by atoms with E-state index in [2.05, 4.69) is 31.1 Å². The average Bonchev–Trinajstić information content (AvgIpc) is 3.70. The molecule has 44 heavy (non-hydrogen) atoms. The number of nitrogens with one attached hydrogen (secondary N) is 2. The van der Waals surface area contributed by atoms with Crippen molar-refractivity contribution in [1.29, 1.82) is 0 Å². The quantitative estimate of drug-likeness (QED) is 0.325. The molecule has 10 nitrogen and oxygen atoms in total. The third kappa shape index (κ3) is 7.82. The Morgan fingerprint density at radius 1 is 1.07 bits per heavy atom. The molecule has 2 aliphatic heterocycles. The summed E-state index contributed by atoms with van der Waals surface area (Å²) in [7, 11) is 3.26. The van der Waals surface area contributed by atoms with Gasteiger partial charge in [0.1, 0.15) is 6.04 Å². The predicted molar refractivity (Wildman–Crippen MR) is 170 cm³/mol. The van der Waals surface area contributed by atoms with E-state index in [4.69, 9.17) is 14.3 Å². The first-order chi connectivity index (χ1) is 21.2. The number of ether oxygens (including phenoxy) is 2. The Hall–Kier alpha value is -2.95. The van der Waals surface area contributed by atoms with E-state index < -0.39 is 18.1 Å². The van der Waals surface area contributed by atoms with E-state index in [1.807, 2.05) is 42.3 Å². The highest BCUT2D eigenvalue weighted by Gasteiger charge is 2.41. The second kappa shape index (κ2) is 15.9. The van der Waals surface area contributed by atoms with Crippen molar-refractivity contribution in [2.75, 3.05) is 33.9 Å². The van der Waals surface area contributed by atoms with Gasteiger partial charge in [0.2, 0.25) is 11.8 Å². The van der Waals surface area contributed by atoms with Crippen molar-refractivity contribution in [3.63, 3.8) is 0 Å². The first kappa shape index (κ1) is 33.9. The van der Waals surface area contributed by atoms with Gasteiger partial charge in [-0.05, 0) is 49.1 Å². The van der Waals surface area contributed by atoms with E-state index in [-0.39, 0.29) is 35.8 Å². The zero-order valence-electron chi connectivity index (χ0n) is 27.3. The van der Waals surface area contributed by atoms with Crippen molar-refractivity contribution in [1.82, 2.24) is 20.3 Å². The van der Waals surface area contributed by atoms with E-state index in [1.165, 1.54) is 5.06 Å². The maximum atomic E-state index is 13.9. The number of para-hydroxylation sites is 1. The number of amides is 3. The molecular formula is C34H52N4O6. The molecule has 2 fully saturated rings. The van der Waals surface area contributed by atoms with E-state index >= 15 is 0 Å². The van der Waals surface area contributed by atoms with E-state index in [9.17, 15) is 14.4 Å². The number of carbonyl (C=O) groups excluding carboxylic acids is 3. The van der Waals surface area contributed by atoms with Gasteiger partial charge in [0.05, 0.1) is 37.2 Å². The van der Waals surface area contributed by atoms with Crippen molar-refractivity contribution in [3.8, 4) is 0 Å². The Kier molecular flexibility index (Phi) is 12.2. The smallest absolute Gasteiger partial charge is 0.269 e. The summed E-state index contributed by atoms with van der Waals surface area (Å²) in [6.07, 6.45) is 6.18. The van der Waals surface area contributed by atoms with Crippen LogP contribution in [0.3, 0.4) is 0 Å². The number of benzene rings is 1. The molecule has 244 valence electrons. The van der Waals surface area contributed by atoms with Crippen LogP contribution in [0.2, 0.25) is 0 Å². The number of rotatable bonds is 14. The van der Waals surface area contributed by atoms with Crippen LogP contribution in [0.4, 0.5) is 0 Å². The van der Waals surface area contributed by atoms with Crippen molar-refractivity contribution in [3.05, 3.63) is 36.0 Å². The highest BCUT2D eigenvalue weighted by Crippen LogP contribution is 2.30. The number of methoxy groups -OCH3 is 2. The van der Waals surface area contributed by atoms with Crippen LogP contribution in [0.15, 0.2) is 30.5 Å². The molecule has 4 rings (SSSR count). The van der Waals surface area contributed by atoms with Gasteiger partial charge < -0.3 is 24.7 Å². The van der Waals surface area contributed by atoms with Crippen molar-refractivity contribution < 1.29 is 28.7 Å². The molecule has 10 heteroatoms. The molecule has 7 atom stereocenters. The maximum absolute atomic E-state index is 13.9. The second-order valence-corrected chi connectivity index (χ2v) is 12.6. The van der Waals surface area contributed by atoms with Crippen LogP contribution in [0.1, 0.15) is 71.8 Å². The van der Waals surface area contributed by atoms with Gasteiger partial charge in [-0.1, -0.05) is 52.3 Å². The summed E-state index contributed by atoms with van der Waals surface area (Å²) in [5, 5.41) is 5.45. The maximum Gasteiger partial charge on any atom is 0.269 e. The Morgan fingerprint density at radius 3 is 2.52 bits per heavy atom. The van der Waals surface area contributed by atoms with Crippen LogP contribution in [0, 0.1) is 17.8 Å². The Bertz CT molecular complexity index is 1240. The van der Waals surface area contributed by atoms with Crippen LogP contribution in [-0.4, -0.2) is 90.9 Å². The van der Waals surface area contributed by atoms with Crippen LogP contribution in [0.5, 0.6) is 0 Å². The number of aromatic nitrogens is 1. The fourth-order valence-corrected chi connectivity index (χ4v) is 6.77. The molecule has 3 heterocycles. The Morgan fingerprint density at radius 2 is 1.84 bits per heavy atom. The highest BCUT2D eigenvalue weighted by atomic mass is 16.7. The monoisotopic (exact) mass is 612 g/mol. The molecule has 2 aromatic rings. The van der Waals surface area contributed by atoms with Gasteiger partial charge in [-0.15, -0.1) is 0 Å². The highest BCUT2D eigenvalue weighted by molar-refractivity contribution is 5.90. The zero-order valence-corrected chi connectivity index (χ0v) is 27.3. The minimum absolute atomic E-state index is 0.0267. The number of nitrogens with zero attached hydrogens (tertiary/aromatic N) is 2. The second-order valence-electron chi connectivity index (χ2n) is 12.6. The van der Waals surface area contributed by atoms with Crippen LogP contribution < -0.4 is 5.32 Å². The summed E-state index contributed by atoms with van der Waals surface area (Å²) >= 11 is 0. The first-order valence-electron chi connectivity index (χ1n) is 16.3. The number of fused-ring (bicyclic) bond motifs is 1. The van der Waals surface area contributed by atoms with Crippen molar-refractivity contribution in [2.24, 2.45) is 17.8 Å². The number of aromatic amines is 1. The predicted octanol–water partition coefficient (Wildman–Crippen LogP) is 4.48. The lowest BCUT2D eigenvalue weighted by Crippen LogP contribution is -2.55. The molecule has 1 aromatic heterocycles. The first-order valence-corrected chi connectivity index (χ1v) is 16.3. The number of hydrogen-bond donors (Lipinski definition) is 2. The minimum Gasteiger partial charge on any atom is -0.381 e. The molecule has 0 spiro atoms. The number of likely N-dealkylation sites (tertiary alicyclic amines) is 1. The van der Waals surface area contributed by atoms with Gasteiger partial charge in [0, 0.05) is 50.8 Å². The van der Waals surface area contributed by atoms with E-state index in [1.54, 1.807) is 14.2 Å². The molecule has 3 amide bonds. The van der Waals surface area contributed by atoms with Crippen LogP contribution >= 0.6 is 0 Å². The van der Waals surface area contributed by atoms with Gasteiger partial charge >= 0.3 is 0 Å². The van der Waals surface area contributed by atoms with Gasteiger partial charge in [0.15, 0.2) is 0 Å². The zero-order chi connectivity index (χ0) is 31.8. The van der Waals surface area contributed by atoms with Gasteiger partial charge in [-0.2, -0.15) is 0 Å². The summed E-state index contributed by atoms with van der Waals surface area (Å²) in [4.78, 5) is 52.0. The number of hydrogen-bond acceptors (Lipinski definition) is 6. The number of H-pyrrole nitrogens is 1. The van der Waals surface area contributed by atoms with Crippen molar-refractivity contribution in [2.45, 2.75) is 96.9 Å². The molecule has 1 aromatic carbocycles. The average molecular weight is 613 g/mol. The van der Waals surface area contributed by atoms with Crippen LogP contribution in [0.25, 0.3) is 10.9 Å². The minimum atomic E-state index is -0.814. The third-order valence-corrected chi connectivity index (χ3v) is 9.95. The van der Waals surface area contributed by atoms with E-state index in [0.29, 0.717) is 38.5 Å². The summed E-state index contributed by atoms with van der Waals surface area (Å²) in [6, 6.07) is 6.86. The lowest BCUT2D eigenvalue weighted by atomic mass is 9.87. The summed E-state index contributed by atoms with van der Waals surface area (Å²) < 4.78 is 11.7. The number of carbonyl (C=O) groups is 3. The largest absolute Gasteiger partial charge is 0.381 e. The normalized spacial score (nSPS) is 21.5. The fraction of sp³-hybridized carbons (Fsp3) is 0.676. The molecule has 0 saturated carbocycles. The molecule has 0 bridgehead atoms. The van der Waals surface area contributed by atoms with E-state index in [0.717, 1.165) is 48.6 Å². The summed E-state index contributed by atoms with van der Waals surface area (Å²) in [5.74, 6) is -0.439. The SMILES string of the molecule is CCC(C)[C@H](C)[C@@H](CC(=O)N1CCCC1C(OC)C(C)C(=O)N[C@@H](Cc1c[nH]c2ccccc12)C(=O)N1CCCCO1)OC. The van der Waals surface area contributed by atoms with Gasteiger partial charge in [0.25, 0.3) is 5.91 Å². The lowest BCUT2D eigenvalue weighted by molar-refractivity contribution is -0.199. The molecule has 0 radical (unpaired) electrons. The van der Waals surface area contributed by atoms with Crippen LogP contribution in [-0.2, 0) is 35.1 Å². The topological polar surface area (TPSA) is 113 Å². The molecule has 2 saturated heterocycles. The molecule has 2 N–H and O–H groups in total. The number of hydroxylamine groups is 2. The Labute approximate surface area is 262 Å². The summed E-state index contributed by atoms with van der Waals surface area (Å²) in [5.41, 5.74) is 1.92. The standard InChI is InChI=1S/C34H52N4O6/c1-7-22(2)23(3)30(42-5)20-31(39)37-16-12-15-29(37)32(43-6)24(4)33(40)36-28(34(41)38-17-10-11-18-44-38)19-25-21-35-27-14-9-8-13-26(25)27/h8-9,13-14,21-24,28-30,32,35H,7,10-12,15-20H2,1-6H3,(H,36,40)/t22?,23-,24?,28-,29?,30+,32?/m0/s1. The summed E-state index contributed by atoms with van der Waals surface area (Å²) in [6.45, 7) is 9.90. The molecule has 4 unspecified atom stereocenters. The molecule has 2 aliphatic rings. The Balaban J connectivity index is 1.48. The molecular weight excluding hydrogens is 560 g/mol.